The maximum atomic E-state index is 12.5. The summed E-state index contributed by atoms with van der Waals surface area (Å²) in [5, 5.41) is 6.77. The number of ether oxygens (including phenoxy) is 3. The molecule has 8 heteroatoms. The first-order valence-electron chi connectivity index (χ1n) is 9.65. The number of nitrogens with zero attached hydrogens (tertiary/aromatic N) is 1. The Hall–Kier alpha value is -4.33. The molecule has 0 fully saturated rings. The third-order valence-electron chi connectivity index (χ3n) is 4.49. The molecular formula is C24H23N3O5. The number of benzene rings is 3. The van der Waals surface area contributed by atoms with E-state index in [4.69, 9.17) is 14.2 Å². The van der Waals surface area contributed by atoms with Crippen LogP contribution in [0, 0.1) is 0 Å². The minimum Gasteiger partial charge on any atom is -0.493 e. The molecule has 0 aromatic heterocycles. The van der Waals surface area contributed by atoms with Gasteiger partial charge in [0, 0.05) is 22.4 Å². The summed E-state index contributed by atoms with van der Waals surface area (Å²) in [6.07, 6.45) is 1.46. The molecule has 0 unspecified atom stereocenters. The van der Waals surface area contributed by atoms with E-state index in [9.17, 15) is 9.59 Å². The molecule has 0 atom stereocenters. The normalized spacial score (nSPS) is 10.5. The molecule has 0 saturated carbocycles. The second kappa shape index (κ2) is 10.6. The van der Waals surface area contributed by atoms with E-state index < -0.39 is 5.91 Å². The SMILES string of the molecule is COc1cc(/C=N/NC(=O)c2cccc(NC(=O)c3ccccc3)c2)cc(OC)c1OC. The molecule has 0 aliphatic heterocycles. The lowest BCUT2D eigenvalue weighted by Crippen LogP contribution is -2.18. The predicted molar refractivity (Wildman–Crippen MR) is 122 cm³/mol. The summed E-state index contributed by atoms with van der Waals surface area (Å²) >= 11 is 0. The highest BCUT2D eigenvalue weighted by molar-refractivity contribution is 6.05. The maximum Gasteiger partial charge on any atom is 0.271 e. The third kappa shape index (κ3) is 5.42. The van der Waals surface area contributed by atoms with Crippen molar-refractivity contribution < 1.29 is 23.8 Å². The minimum absolute atomic E-state index is 0.261. The zero-order valence-electron chi connectivity index (χ0n) is 17.9. The number of methoxy groups -OCH3 is 3. The van der Waals surface area contributed by atoms with Crippen LogP contribution in [-0.2, 0) is 0 Å². The largest absolute Gasteiger partial charge is 0.493 e. The lowest BCUT2D eigenvalue weighted by Gasteiger charge is -2.12. The van der Waals surface area contributed by atoms with Crippen LogP contribution in [0.3, 0.4) is 0 Å². The number of rotatable bonds is 8. The van der Waals surface area contributed by atoms with Crippen molar-refractivity contribution in [3.05, 3.63) is 83.4 Å². The smallest absolute Gasteiger partial charge is 0.271 e. The molecule has 0 aliphatic carbocycles. The summed E-state index contributed by atoms with van der Waals surface area (Å²) < 4.78 is 15.9. The van der Waals surface area contributed by atoms with Gasteiger partial charge in [0.1, 0.15) is 0 Å². The van der Waals surface area contributed by atoms with Gasteiger partial charge in [-0.05, 0) is 42.5 Å². The molecule has 0 aliphatic rings. The zero-order chi connectivity index (χ0) is 22.9. The molecule has 0 radical (unpaired) electrons. The number of carbonyl (C=O) groups is 2. The van der Waals surface area contributed by atoms with Crippen molar-refractivity contribution in [1.82, 2.24) is 5.43 Å². The van der Waals surface area contributed by atoms with E-state index in [0.29, 0.717) is 39.6 Å². The van der Waals surface area contributed by atoms with E-state index in [0.717, 1.165) is 0 Å². The fourth-order valence-corrected chi connectivity index (χ4v) is 2.94. The summed E-state index contributed by atoms with van der Waals surface area (Å²) in [5.41, 5.74) is 4.48. The first-order chi connectivity index (χ1) is 15.5. The van der Waals surface area contributed by atoms with Crippen LogP contribution in [0.5, 0.6) is 17.2 Å². The summed E-state index contributed by atoms with van der Waals surface area (Å²) in [5.74, 6) is 0.724. The van der Waals surface area contributed by atoms with Crippen molar-refractivity contribution in [2.45, 2.75) is 0 Å². The van der Waals surface area contributed by atoms with Gasteiger partial charge in [-0.2, -0.15) is 5.10 Å². The Balaban J connectivity index is 1.68. The average Bonchev–Trinajstić information content (AvgIpc) is 2.83. The number of hydrogen-bond donors (Lipinski definition) is 2. The van der Waals surface area contributed by atoms with Crippen LogP contribution in [0.2, 0.25) is 0 Å². The van der Waals surface area contributed by atoms with Gasteiger partial charge in [0.05, 0.1) is 27.5 Å². The minimum atomic E-state index is -0.426. The van der Waals surface area contributed by atoms with Gasteiger partial charge in [-0.1, -0.05) is 24.3 Å². The van der Waals surface area contributed by atoms with E-state index in [-0.39, 0.29) is 5.91 Å². The van der Waals surface area contributed by atoms with E-state index in [2.05, 4.69) is 15.8 Å². The standard InChI is InChI=1S/C24H23N3O5/c1-30-20-12-16(13-21(31-2)22(20)32-3)15-25-27-24(29)18-10-7-11-19(14-18)26-23(28)17-8-5-4-6-9-17/h4-15H,1-3H3,(H,26,28)(H,27,29)/b25-15+. The number of carbonyl (C=O) groups excluding carboxylic acids is 2. The molecule has 164 valence electrons. The molecule has 2 amide bonds. The van der Waals surface area contributed by atoms with Crippen molar-refractivity contribution in [3.8, 4) is 17.2 Å². The van der Waals surface area contributed by atoms with Crippen LogP contribution < -0.4 is 25.0 Å². The van der Waals surface area contributed by atoms with Gasteiger partial charge in [-0.15, -0.1) is 0 Å². The molecule has 0 heterocycles. The fraction of sp³-hybridized carbons (Fsp3) is 0.125. The summed E-state index contributed by atoms with van der Waals surface area (Å²) in [7, 11) is 4.55. The van der Waals surface area contributed by atoms with Gasteiger partial charge in [-0.3, -0.25) is 9.59 Å². The Morgan fingerprint density at radius 2 is 1.44 bits per heavy atom. The van der Waals surface area contributed by atoms with E-state index in [1.807, 2.05) is 6.07 Å². The van der Waals surface area contributed by atoms with Crippen LogP contribution in [0.1, 0.15) is 26.3 Å². The van der Waals surface area contributed by atoms with Crippen molar-refractivity contribution in [2.24, 2.45) is 5.10 Å². The quantitative estimate of drug-likeness (QED) is 0.417. The average molecular weight is 433 g/mol. The van der Waals surface area contributed by atoms with Crippen molar-refractivity contribution in [3.63, 3.8) is 0 Å². The molecule has 2 N–H and O–H groups in total. The lowest BCUT2D eigenvalue weighted by atomic mass is 10.1. The summed E-state index contributed by atoms with van der Waals surface area (Å²) in [6, 6.07) is 18.8. The highest BCUT2D eigenvalue weighted by Crippen LogP contribution is 2.37. The number of hydrazone groups is 1. The van der Waals surface area contributed by atoms with E-state index in [1.54, 1.807) is 60.7 Å². The van der Waals surface area contributed by atoms with Gasteiger partial charge in [0.25, 0.3) is 11.8 Å². The topological polar surface area (TPSA) is 98.2 Å². The highest BCUT2D eigenvalue weighted by Gasteiger charge is 2.13. The molecule has 0 saturated heterocycles. The van der Waals surface area contributed by atoms with Gasteiger partial charge in [0.2, 0.25) is 5.75 Å². The summed E-state index contributed by atoms with van der Waals surface area (Å²) in [4.78, 5) is 24.8. The number of amides is 2. The van der Waals surface area contributed by atoms with Crippen molar-refractivity contribution in [1.29, 1.82) is 0 Å². The van der Waals surface area contributed by atoms with Crippen LogP contribution >= 0.6 is 0 Å². The first kappa shape index (κ1) is 22.4. The second-order valence-electron chi connectivity index (χ2n) is 6.56. The van der Waals surface area contributed by atoms with E-state index >= 15 is 0 Å². The molecule has 3 aromatic carbocycles. The Kier molecular flexibility index (Phi) is 7.42. The lowest BCUT2D eigenvalue weighted by molar-refractivity contribution is 0.0953. The Labute approximate surface area is 185 Å². The Morgan fingerprint density at radius 1 is 0.781 bits per heavy atom. The maximum absolute atomic E-state index is 12.5. The van der Waals surface area contributed by atoms with Crippen LogP contribution in [-0.4, -0.2) is 39.4 Å². The van der Waals surface area contributed by atoms with Crippen LogP contribution in [0.15, 0.2) is 71.8 Å². The number of anilines is 1. The van der Waals surface area contributed by atoms with Crippen LogP contribution in [0.25, 0.3) is 0 Å². The zero-order valence-corrected chi connectivity index (χ0v) is 17.9. The molecule has 0 spiro atoms. The van der Waals surface area contributed by atoms with Crippen LogP contribution in [0.4, 0.5) is 5.69 Å². The van der Waals surface area contributed by atoms with E-state index in [1.165, 1.54) is 27.5 Å². The monoisotopic (exact) mass is 433 g/mol. The Bertz CT molecular complexity index is 1100. The molecular weight excluding hydrogens is 410 g/mol. The number of hydrogen-bond acceptors (Lipinski definition) is 6. The third-order valence-corrected chi connectivity index (χ3v) is 4.49. The van der Waals surface area contributed by atoms with Gasteiger partial charge < -0.3 is 19.5 Å². The summed E-state index contributed by atoms with van der Waals surface area (Å²) in [6.45, 7) is 0. The molecule has 3 rings (SSSR count). The Morgan fingerprint density at radius 3 is 2.06 bits per heavy atom. The van der Waals surface area contributed by atoms with Crippen molar-refractivity contribution >= 4 is 23.7 Å². The molecule has 32 heavy (non-hydrogen) atoms. The molecule has 8 nitrogen and oxygen atoms in total. The number of nitrogens with one attached hydrogen (secondary N) is 2. The van der Waals surface area contributed by atoms with Crippen molar-refractivity contribution in [2.75, 3.05) is 26.6 Å². The predicted octanol–water partition coefficient (Wildman–Crippen LogP) is 3.73. The second-order valence-corrected chi connectivity index (χ2v) is 6.56. The highest BCUT2D eigenvalue weighted by atomic mass is 16.5. The van der Waals surface area contributed by atoms with Gasteiger partial charge >= 0.3 is 0 Å². The fourth-order valence-electron chi connectivity index (χ4n) is 2.94. The van der Waals surface area contributed by atoms with Gasteiger partial charge in [-0.25, -0.2) is 5.43 Å². The molecule has 0 bridgehead atoms. The first-order valence-corrected chi connectivity index (χ1v) is 9.65. The van der Waals surface area contributed by atoms with Gasteiger partial charge in [0.15, 0.2) is 11.5 Å². The molecule has 3 aromatic rings.